The highest BCUT2D eigenvalue weighted by atomic mass is 16.2. The number of likely N-dealkylation sites (tertiary alicyclic amines) is 1. The highest BCUT2D eigenvalue weighted by Crippen LogP contribution is 2.20. The molecule has 7 heteroatoms. The third-order valence-electron chi connectivity index (χ3n) is 5.75. The molecule has 2 aromatic rings. The number of carbonyl (C=O) groups is 1. The molecule has 0 unspecified atom stereocenters. The van der Waals surface area contributed by atoms with Gasteiger partial charge in [-0.2, -0.15) is 0 Å². The Labute approximate surface area is 166 Å². The zero-order valence-corrected chi connectivity index (χ0v) is 16.7. The minimum Gasteiger partial charge on any atom is -0.353 e. The van der Waals surface area contributed by atoms with Gasteiger partial charge in [0.2, 0.25) is 0 Å². The number of nitrogens with zero attached hydrogens (tertiary/aromatic N) is 6. The van der Waals surface area contributed by atoms with E-state index in [4.69, 9.17) is 0 Å². The van der Waals surface area contributed by atoms with Crippen molar-refractivity contribution in [1.82, 2.24) is 19.9 Å². The number of pyridine rings is 1. The first-order chi connectivity index (χ1) is 13.6. The predicted molar refractivity (Wildman–Crippen MR) is 110 cm³/mol. The van der Waals surface area contributed by atoms with E-state index in [1.165, 1.54) is 0 Å². The molecule has 4 heterocycles. The number of hydrogen-bond donors (Lipinski definition) is 0. The summed E-state index contributed by atoms with van der Waals surface area (Å²) in [6.45, 7) is 9.43. The van der Waals surface area contributed by atoms with E-state index in [-0.39, 0.29) is 5.91 Å². The number of piperidine rings is 1. The summed E-state index contributed by atoms with van der Waals surface area (Å²) >= 11 is 0. The van der Waals surface area contributed by atoms with Crippen LogP contribution in [0.3, 0.4) is 0 Å². The molecule has 0 radical (unpaired) electrons. The monoisotopic (exact) mass is 380 g/mol. The van der Waals surface area contributed by atoms with Crippen LogP contribution in [0.5, 0.6) is 0 Å². The van der Waals surface area contributed by atoms with Crippen LogP contribution in [0.15, 0.2) is 30.6 Å². The second-order valence-electron chi connectivity index (χ2n) is 7.82. The Morgan fingerprint density at radius 1 is 0.929 bits per heavy atom. The highest BCUT2D eigenvalue weighted by molar-refractivity contribution is 5.94. The number of rotatable bonds is 3. The second kappa shape index (κ2) is 8.12. The van der Waals surface area contributed by atoms with Crippen LogP contribution in [0.2, 0.25) is 0 Å². The van der Waals surface area contributed by atoms with Crippen LogP contribution in [-0.2, 0) is 0 Å². The molecule has 0 bridgehead atoms. The van der Waals surface area contributed by atoms with Crippen molar-refractivity contribution in [1.29, 1.82) is 0 Å². The Bertz CT molecular complexity index is 808. The van der Waals surface area contributed by atoms with Gasteiger partial charge < -0.3 is 14.7 Å². The Hall–Kier alpha value is -2.70. The summed E-state index contributed by atoms with van der Waals surface area (Å²) in [6, 6.07) is 5.86. The second-order valence-corrected chi connectivity index (χ2v) is 7.82. The molecule has 7 nitrogen and oxygen atoms in total. The smallest absolute Gasteiger partial charge is 0.255 e. The Kier molecular flexibility index (Phi) is 5.41. The molecule has 2 aromatic heterocycles. The molecule has 2 fully saturated rings. The lowest BCUT2D eigenvalue weighted by Crippen LogP contribution is -2.47. The molecule has 2 saturated heterocycles. The van der Waals surface area contributed by atoms with Gasteiger partial charge in [0.05, 0.1) is 5.56 Å². The van der Waals surface area contributed by atoms with Gasteiger partial charge in [-0.3, -0.25) is 4.79 Å². The number of piperazine rings is 1. The minimum atomic E-state index is 0.106. The van der Waals surface area contributed by atoms with Crippen LogP contribution in [0.25, 0.3) is 0 Å². The molecule has 0 N–H and O–H groups in total. The Balaban J connectivity index is 1.35. The van der Waals surface area contributed by atoms with E-state index in [1.807, 2.05) is 36.2 Å². The van der Waals surface area contributed by atoms with Gasteiger partial charge in [-0.1, -0.05) is 6.92 Å². The molecule has 0 aromatic carbocycles. The fourth-order valence-electron chi connectivity index (χ4n) is 3.88. The lowest BCUT2D eigenvalue weighted by atomic mass is 9.99. The fraction of sp³-hybridized carbons (Fsp3) is 0.524. The highest BCUT2D eigenvalue weighted by Gasteiger charge is 2.23. The summed E-state index contributed by atoms with van der Waals surface area (Å²) in [5.41, 5.74) is 0.688. The molecule has 2 aliphatic rings. The molecule has 1 amide bonds. The minimum absolute atomic E-state index is 0.106. The van der Waals surface area contributed by atoms with Gasteiger partial charge in [-0.15, -0.1) is 0 Å². The number of aromatic nitrogens is 3. The maximum Gasteiger partial charge on any atom is 0.255 e. The van der Waals surface area contributed by atoms with E-state index in [9.17, 15) is 4.79 Å². The summed E-state index contributed by atoms with van der Waals surface area (Å²) in [6.07, 6.45) is 5.72. The molecule has 0 saturated carbocycles. The first kappa shape index (κ1) is 18.7. The molecular weight excluding hydrogens is 352 g/mol. The SMILES string of the molecule is Cc1nccc(N2CCN(c3ccc(C(=O)N4CCC(C)CC4)cn3)CC2)n1. The van der Waals surface area contributed by atoms with Gasteiger partial charge in [0.15, 0.2) is 0 Å². The van der Waals surface area contributed by atoms with E-state index in [2.05, 4.69) is 31.7 Å². The summed E-state index contributed by atoms with van der Waals surface area (Å²) in [5, 5.41) is 0. The third-order valence-corrected chi connectivity index (χ3v) is 5.75. The quantitative estimate of drug-likeness (QED) is 0.815. The lowest BCUT2D eigenvalue weighted by molar-refractivity contribution is 0.0697. The zero-order valence-electron chi connectivity index (χ0n) is 16.7. The molecule has 0 atom stereocenters. The first-order valence-electron chi connectivity index (χ1n) is 10.1. The van der Waals surface area contributed by atoms with E-state index < -0.39 is 0 Å². The topological polar surface area (TPSA) is 65.5 Å². The maximum absolute atomic E-state index is 12.7. The van der Waals surface area contributed by atoms with Crippen molar-refractivity contribution in [3.8, 4) is 0 Å². The van der Waals surface area contributed by atoms with Crippen molar-refractivity contribution < 1.29 is 4.79 Å². The van der Waals surface area contributed by atoms with Crippen molar-refractivity contribution in [3.05, 3.63) is 42.0 Å². The lowest BCUT2D eigenvalue weighted by Gasteiger charge is -2.36. The number of carbonyl (C=O) groups excluding carboxylic acids is 1. The van der Waals surface area contributed by atoms with Crippen LogP contribution in [0, 0.1) is 12.8 Å². The third kappa shape index (κ3) is 4.08. The van der Waals surface area contributed by atoms with Gasteiger partial charge in [-0.05, 0) is 43.9 Å². The van der Waals surface area contributed by atoms with Gasteiger partial charge in [0.25, 0.3) is 5.91 Å². The largest absolute Gasteiger partial charge is 0.353 e. The van der Waals surface area contributed by atoms with Gasteiger partial charge in [0, 0.05) is 51.7 Å². The van der Waals surface area contributed by atoms with Crippen molar-refractivity contribution in [2.45, 2.75) is 26.7 Å². The van der Waals surface area contributed by atoms with Crippen molar-refractivity contribution in [3.63, 3.8) is 0 Å². The molecule has 0 aliphatic carbocycles. The van der Waals surface area contributed by atoms with Gasteiger partial charge in [0.1, 0.15) is 17.5 Å². The predicted octanol–water partition coefficient (Wildman–Crippen LogP) is 2.38. The molecule has 4 rings (SSSR count). The number of amides is 1. The summed E-state index contributed by atoms with van der Waals surface area (Å²) < 4.78 is 0. The summed E-state index contributed by atoms with van der Waals surface area (Å²) in [4.78, 5) is 32.4. The van der Waals surface area contributed by atoms with Crippen LogP contribution in [-0.4, -0.2) is 65.0 Å². The van der Waals surface area contributed by atoms with Crippen LogP contribution < -0.4 is 9.80 Å². The molecule has 2 aliphatic heterocycles. The van der Waals surface area contributed by atoms with Crippen molar-refractivity contribution >= 4 is 17.5 Å². The maximum atomic E-state index is 12.7. The zero-order chi connectivity index (χ0) is 19.5. The number of hydrogen-bond acceptors (Lipinski definition) is 6. The Morgan fingerprint density at radius 3 is 2.21 bits per heavy atom. The number of aryl methyl sites for hydroxylation is 1. The standard InChI is InChI=1S/C21H28N6O/c1-16-6-9-27(10-7-16)21(28)18-3-4-19(23-15-18)25-11-13-26(14-12-25)20-5-8-22-17(2)24-20/h3-5,8,15-16H,6-7,9-14H2,1-2H3. The van der Waals surface area contributed by atoms with Gasteiger partial charge in [-0.25, -0.2) is 15.0 Å². The van der Waals surface area contributed by atoms with E-state index in [0.717, 1.165) is 75.5 Å². The van der Waals surface area contributed by atoms with Crippen LogP contribution in [0.4, 0.5) is 11.6 Å². The van der Waals surface area contributed by atoms with Crippen LogP contribution >= 0.6 is 0 Å². The summed E-state index contributed by atoms with van der Waals surface area (Å²) in [5.74, 6) is 3.54. The number of anilines is 2. The van der Waals surface area contributed by atoms with Crippen molar-refractivity contribution in [2.75, 3.05) is 49.1 Å². The van der Waals surface area contributed by atoms with E-state index in [1.54, 1.807) is 6.20 Å². The molecular formula is C21H28N6O. The first-order valence-corrected chi connectivity index (χ1v) is 10.1. The van der Waals surface area contributed by atoms with E-state index in [0.29, 0.717) is 5.56 Å². The average molecular weight is 380 g/mol. The van der Waals surface area contributed by atoms with Crippen LogP contribution in [0.1, 0.15) is 35.9 Å². The molecule has 0 spiro atoms. The summed E-state index contributed by atoms with van der Waals surface area (Å²) in [7, 11) is 0. The Morgan fingerprint density at radius 2 is 1.61 bits per heavy atom. The normalized spacial score (nSPS) is 18.4. The van der Waals surface area contributed by atoms with E-state index >= 15 is 0 Å². The molecule has 28 heavy (non-hydrogen) atoms. The average Bonchev–Trinajstić information content (AvgIpc) is 2.74. The molecule has 148 valence electrons. The fourth-order valence-corrected chi connectivity index (χ4v) is 3.88. The van der Waals surface area contributed by atoms with Crippen molar-refractivity contribution in [2.24, 2.45) is 5.92 Å². The van der Waals surface area contributed by atoms with Gasteiger partial charge >= 0.3 is 0 Å².